The van der Waals surface area contributed by atoms with Gasteiger partial charge in [-0.3, -0.25) is 4.79 Å². The molecule has 0 saturated carbocycles. The fourth-order valence-electron chi connectivity index (χ4n) is 1.91. The van der Waals surface area contributed by atoms with E-state index in [-0.39, 0.29) is 5.91 Å². The third kappa shape index (κ3) is 2.76. The molecule has 96 valence electrons. The average molecular weight is 259 g/mol. The van der Waals surface area contributed by atoms with Crippen molar-refractivity contribution in [1.29, 1.82) is 5.26 Å². The van der Waals surface area contributed by atoms with Gasteiger partial charge in [0.25, 0.3) is 0 Å². The molecule has 6 nitrogen and oxygen atoms in total. The number of amides is 1. The van der Waals surface area contributed by atoms with Gasteiger partial charge in [-0.1, -0.05) is 6.42 Å². The number of nitriles is 1. The highest BCUT2D eigenvalue weighted by atomic mass is 32.2. The quantitative estimate of drug-likeness (QED) is 0.761. The smallest absolute Gasteiger partial charge is 0.238 e. The molecule has 1 fully saturated rings. The molecule has 1 saturated heterocycles. The Labute approximate surface area is 102 Å². The van der Waals surface area contributed by atoms with Crippen molar-refractivity contribution in [3.8, 4) is 6.07 Å². The van der Waals surface area contributed by atoms with Gasteiger partial charge in [-0.05, 0) is 19.8 Å². The second-order valence-corrected chi connectivity index (χ2v) is 6.26. The first-order valence-corrected chi connectivity index (χ1v) is 7.07. The zero-order valence-electron chi connectivity index (χ0n) is 10.0. The minimum atomic E-state index is -3.70. The van der Waals surface area contributed by atoms with Gasteiger partial charge >= 0.3 is 0 Å². The van der Waals surface area contributed by atoms with E-state index in [1.165, 1.54) is 18.3 Å². The van der Waals surface area contributed by atoms with Gasteiger partial charge in [-0.15, -0.1) is 0 Å². The van der Waals surface area contributed by atoms with Gasteiger partial charge < -0.3 is 5.32 Å². The summed E-state index contributed by atoms with van der Waals surface area (Å²) < 4.78 is 25.3. The van der Waals surface area contributed by atoms with Crippen molar-refractivity contribution in [3.63, 3.8) is 0 Å². The number of piperidine rings is 1. The molecule has 1 aliphatic rings. The maximum absolute atomic E-state index is 12.1. The monoisotopic (exact) mass is 259 g/mol. The molecule has 0 bridgehead atoms. The van der Waals surface area contributed by atoms with Crippen LogP contribution in [0, 0.1) is 11.3 Å². The van der Waals surface area contributed by atoms with Crippen molar-refractivity contribution in [3.05, 3.63) is 0 Å². The van der Waals surface area contributed by atoms with E-state index >= 15 is 0 Å². The second kappa shape index (κ2) is 5.47. The molecule has 1 amide bonds. The SMILES string of the molecule is CNC(=O)C1CCCCN1S(=O)(=O)C(C)C#N. The highest BCUT2D eigenvalue weighted by Gasteiger charge is 2.39. The number of rotatable bonds is 3. The predicted octanol–water partition coefficient (Wildman–Crippen LogP) is -0.171. The van der Waals surface area contributed by atoms with Gasteiger partial charge in [0.05, 0.1) is 6.07 Å². The van der Waals surface area contributed by atoms with Gasteiger partial charge in [0.2, 0.25) is 15.9 Å². The van der Waals surface area contributed by atoms with Crippen molar-refractivity contribution in [2.24, 2.45) is 0 Å². The minimum absolute atomic E-state index is 0.307. The number of sulfonamides is 1. The van der Waals surface area contributed by atoms with E-state index in [9.17, 15) is 13.2 Å². The maximum Gasteiger partial charge on any atom is 0.238 e. The van der Waals surface area contributed by atoms with E-state index in [0.717, 1.165) is 12.8 Å². The van der Waals surface area contributed by atoms with Crippen LogP contribution in [0.2, 0.25) is 0 Å². The Balaban J connectivity index is 3.01. The summed E-state index contributed by atoms with van der Waals surface area (Å²) in [5.74, 6) is -0.307. The van der Waals surface area contributed by atoms with Crippen molar-refractivity contribution in [1.82, 2.24) is 9.62 Å². The molecule has 0 aromatic rings. The summed E-state index contributed by atoms with van der Waals surface area (Å²) in [6.07, 6.45) is 2.06. The van der Waals surface area contributed by atoms with Crippen LogP contribution in [0.3, 0.4) is 0 Å². The molecule has 1 heterocycles. The summed E-state index contributed by atoms with van der Waals surface area (Å²) in [4.78, 5) is 11.6. The molecule has 17 heavy (non-hydrogen) atoms. The molecule has 0 radical (unpaired) electrons. The van der Waals surface area contributed by atoms with Crippen LogP contribution in [0.1, 0.15) is 26.2 Å². The molecular weight excluding hydrogens is 242 g/mol. The molecule has 1 rings (SSSR count). The number of carbonyl (C=O) groups is 1. The number of nitrogens with zero attached hydrogens (tertiary/aromatic N) is 2. The highest BCUT2D eigenvalue weighted by molar-refractivity contribution is 7.90. The lowest BCUT2D eigenvalue weighted by Crippen LogP contribution is -2.53. The van der Waals surface area contributed by atoms with Gasteiger partial charge in [-0.25, -0.2) is 8.42 Å². The fraction of sp³-hybridized carbons (Fsp3) is 0.800. The van der Waals surface area contributed by atoms with Crippen LogP contribution >= 0.6 is 0 Å². The number of carbonyl (C=O) groups excluding carboxylic acids is 1. The molecule has 0 aromatic carbocycles. The molecule has 1 aliphatic heterocycles. The van der Waals surface area contributed by atoms with Crippen LogP contribution in [0.5, 0.6) is 0 Å². The van der Waals surface area contributed by atoms with Crippen molar-refractivity contribution in [2.75, 3.05) is 13.6 Å². The molecule has 1 N–H and O–H groups in total. The van der Waals surface area contributed by atoms with Gasteiger partial charge in [0.15, 0.2) is 5.25 Å². The van der Waals surface area contributed by atoms with E-state index in [1.54, 1.807) is 6.07 Å². The van der Waals surface area contributed by atoms with E-state index in [1.807, 2.05) is 0 Å². The van der Waals surface area contributed by atoms with E-state index in [0.29, 0.717) is 13.0 Å². The lowest BCUT2D eigenvalue weighted by atomic mass is 10.0. The summed E-state index contributed by atoms with van der Waals surface area (Å²) in [5.41, 5.74) is 0. The van der Waals surface area contributed by atoms with E-state index in [2.05, 4.69) is 5.32 Å². The predicted molar refractivity (Wildman–Crippen MR) is 62.4 cm³/mol. The Kier molecular flexibility index (Phi) is 4.48. The van der Waals surface area contributed by atoms with Crippen LogP contribution in [0.15, 0.2) is 0 Å². The van der Waals surface area contributed by atoms with Crippen LogP contribution in [-0.2, 0) is 14.8 Å². The molecule has 0 spiro atoms. The Morgan fingerprint density at radius 3 is 2.71 bits per heavy atom. The molecular formula is C10H17N3O3S. The Morgan fingerprint density at radius 1 is 1.53 bits per heavy atom. The van der Waals surface area contributed by atoms with Gasteiger partial charge in [0.1, 0.15) is 6.04 Å². The molecule has 0 aliphatic carbocycles. The summed E-state index contributed by atoms with van der Waals surface area (Å²) in [7, 11) is -2.22. The lowest BCUT2D eigenvalue weighted by Gasteiger charge is -2.33. The topological polar surface area (TPSA) is 90.3 Å². The van der Waals surface area contributed by atoms with Crippen molar-refractivity contribution in [2.45, 2.75) is 37.5 Å². The first-order chi connectivity index (χ1) is 7.95. The molecule has 2 unspecified atom stereocenters. The Bertz CT molecular complexity index is 427. The van der Waals surface area contributed by atoms with Gasteiger partial charge in [-0.2, -0.15) is 9.57 Å². The van der Waals surface area contributed by atoms with Crippen molar-refractivity contribution < 1.29 is 13.2 Å². The molecule has 2 atom stereocenters. The van der Waals surface area contributed by atoms with Crippen molar-refractivity contribution >= 4 is 15.9 Å². The molecule has 7 heteroatoms. The lowest BCUT2D eigenvalue weighted by molar-refractivity contribution is -0.125. The normalized spacial score (nSPS) is 23.7. The number of likely N-dealkylation sites (N-methyl/N-ethyl adjacent to an activating group) is 1. The van der Waals surface area contributed by atoms with E-state index in [4.69, 9.17) is 5.26 Å². The third-order valence-electron chi connectivity index (χ3n) is 2.96. The zero-order valence-corrected chi connectivity index (χ0v) is 10.8. The summed E-state index contributed by atoms with van der Waals surface area (Å²) in [6, 6.07) is 1.05. The van der Waals surface area contributed by atoms with Crippen LogP contribution < -0.4 is 5.32 Å². The van der Waals surface area contributed by atoms with Gasteiger partial charge in [0, 0.05) is 13.6 Å². The maximum atomic E-state index is 12.1. The zero-order chi connectivity index (χ0) is 13.1. The Hall–Kier alpha value is -1.13. The summed E-state index contributed by atoms with van der Waals surface area (Å²) in [5, 5.41) is 10.1. The second-order valence-electron chi connectivity index (χ2n) is 4.05. The average Bonchev–Trinajstić information content (AvgIpc) is 2.36. The van der Waals surface area contributed by atoms with Crippen LogP contribution in [-0.4, -0.2) is 43.5 Å². The number of hydrogen-bond donors (Lipinski definition) is 1. The standard InChI is InChI=1S/C10H17N3O3S/c1-8(7-11)17(15,16)13-6-4-3-5-9(13)10(14)12-2/h8-9H,3-6H2,1-2H3,(H,12,14). The van der Waals surface area contributed by atoms with Crippen LogP contribution in [0.25, 0.3) is 0 Å². The highest BCUT2D eigenvalue weighted by Crippen LogP contribution is 2.22. The van der Waals surface area contributed by atoms with E-state index < -0.39 is 21.3 Å². The first-order valence-electron chi connectivity index (χ1n) is 5.57. The summed E-state index contributed by atoms with van der Waals surface area (Å²) in [6.45, 7) is 1.65. The number of nitrogens with one attached hydrogen (secondary N) is 1. The Morgan fingerprint density at radius 2 is 2.18 bits per heavy atom. The number of hydrogen-bond acceptors (Lipinski definition) is 4. The third-order valence-corrected chi connectivity index (χ3v) is 5.05. The summed E-state index contributed by atoms with van der Waals surface area (Å²) >= 11 is 0. The molecule has 0 aromatic heterocycles. The van der Waals surface area contributed by atoms with Crippen LogP contribution in [0.4, 0.5) is 0 Å². The first kappa shape index (κ1) is 13.9. The fourth-order valence-corrected chi connectivity index (χ4v) is 3.39. The largest absolute Gasteiger partial charge is 0.358 e. The minimum Gasteiger partial charge on any atom is -0.358 e.